The zero-order valence-corrected chi connectivity index (χ0v) is 14.6. The largest absolute Gasteiger partial charge is 0.335 e. The first-order valence-electron chi connectivity index (χ1n) is 8.43. The van der Waals surface area contributed by atoms with Crippen LogP contribution in [0.3, 0.4) is 0 Å². The van der Waals surface area contributed by atoms with Gasteiger partial charge in [0, 0.05) is 17.3 Å². The molecule has 134 valence electrons. The molecule has 4 N–H and O–H groups in total. The summed E-state index contributed by atoms with van der Waals surface area (Å²) in [7, 11) is 0. The summed E-state index contributed by atoms with van der Waals surface area (Å²) in [4.78, 5) is 16.3. The van der Waals surface area contributed by atoms with Crippen molar-refractivity contribution in [2.24, 2.45) is 5.73 Å². The first-order valence-corrected chi connectivity index (χ1v) is 8.43. The predicted molar refractivity (Wildman–Crippen MR) is 96.5 cm³/mol. The van der Waals surface area contributed by atoms with Gasteiger partial charge >= 0.3 is 6.03 Å². The number of hydrogen-bond acceptors (Lipinski definition) is 5. The number of benzene rings is 1. The molecule has 0 aliphatic heterocycles. The number of nitrogens with two attached hydrogens (primary N) is 1. The number of anilines is 1. The number of urea groups is 1. The number of carbonyl (C=O) groups is 1. The first-order chi connectivity index (χ1) is 11.6. The maximum Gasteiger partial charge on any atom is 0.319 e. The third-order valence-corrected chi connectivity index (χ3v) is 4.65. The molecule has 2 aliphatic rings. The predicted octanol–water partition coefficient (Wildman–Crippen LogP) is 3.17. The van der Waals surface area contributed by atoms with Crippen LogP contribution in [0.2, 0.25) is 0 Å². The molecule has 0 spiro atoms. The number of hydrogen-bond donors (Lipinski definition) is 3. The molecule has 2 aromatic rings. The molecule has 0 saturated heterocycles. The molecule has 4 rings (SSSR count). The molecule has 0 radical (unpaired) electrons. The van der Waals surface area contributed by atoms with Crippen molar-refractivity contribution in [3.63, 3.8) is 0 Å². The van der Waals surface area contributed by atoms with E-state index in [2.05, 4.69) is 20.8 Å². The van der Waals surface area contributed by atoms with Gasteiger partial charge in [0.2, 0.25) is 0 Å². The van der Waals surface area contributed by atoms with E-state index >= 15 is 0 Å². The molecular formula is C17H22ClN5O2. The van der Waals surface area contributed by atoms with Gasteiger partial charge in [0.1, 0.15) is 0 Å². The van der Waals surface area contributed by atoms with Gasteiger partial charge in [0.05, 0.1) is 5.54 Å². The summed E-state index contributed by atoms with van der Waals surface area (Å²) in [6, 6.07) is 7.50. The zero-order chi connectivity index (χ0) is 16.6. The van der Waals surface area contributed by atoms with Crippen molar-refractivity contribution in [3.05, 3.63) is 30.1 Å². The highest BCUT2D eigenvalue weighted by Gasteiger charge is 2.36. The first kappa shape index (κ1) is 17.7. The van der Waals surface area contributed by atoms with E-state index in [1.165, 1.54) is 0 Å². The number of nitrogens with one attached hydrogen (secondary N) is 2. The fourth-order valence-electron chi connectivity index (χ4n) is 3.08. The van der Waals surface area contributed by atoms with E-state index in [9.17, 15) is 4.79 Å². The van der Waals surface area contributed by atoms with E-state index in [4.69, 9.17) is 10.3 Å². The number of halogens is 1. The van der Waals surface area contributed by atoms with Crippen molar-refractivity contribution in [3.8, 4) is 11.5 Å². The van der Waals surface area contributed by atoms with Crippen LogP contribution in [0.15, 0.2) is 28.8 Å². The molecule has 0 atom stereocenters. The Morgan fingerprint density at radius 2 is 2.04 bits per heavy atom. The van der Waals surface area contributed by atoms with Gasteiger partial charge in [-0.2, -0.15) is 4.98 Å². The van der Waals surface area contributed by atoms with Gasteiger partial charge in [-0.25, -0.2) is 4.79 Å². The third kappa shape index (κ3) is 3.93. The summed E-state index contributed by atoms with van der Waals surface area (Å²) in [5, 5.41) is 9.79. The van der Waals surface area contributed by atoms with Gasteiger partial charge < -0.3 is 20.9 Å². The number of aromatic nitrogens is 2. The van der Waals surface area contributed by atoms with E-state index in [-0.39, 0.29) is 18.4 Å². The van der Waals surface area contributed by atoms with Crippen LogP contribution >= 0.6 is 12.4 Å². The quantitative estimate of drug-likeness (QED) is 0.773. The van der Waals surface area contributed by atoms with E-state index in [0.29, 0.717) is 23.4 Å². The van der Waals surface area contributed by atoms with Gasteiger partial charge in [-0.3, -0.25) is 0 Å². The molecule has 0 unspecified atom stereocenters. The van der Waals surface area contributed by atoms with Crippen molar-refractivity contribution in [2.75, 3.05) is 5.32 Å². The van der Waals surface area contributed by atoms with Crippen LogP contribution < -0.4 is 16.4 Å². The van der Waals surface area contributed by atoms with E-state index in [1.807, 2.05) is 24.3 Å². The summed E-state index contributed by atoms with van der Waals surface area (Å²) in [5.41, 5.74) is 7.35. The van der Waals surface area contributed by atoms with Crippen molar-refractivity contribution in [1.29, 1.82) is 0 Å². The fraction of sp³-hybridized carbons (Fsp3) is 0.471. The standard InChI is InChI=1S/C17H21N5O2.ClH/c18-17(8-1-2-9-17)15-21-14(24-22-15)11-4-3-5-13(10-11)20-16(23)19-12-6-7-12;/h3-5,10,12H,1-2,6-9,18H2,(H2,19,20,23);1H. The lowest BCUT2D eigenvalue weighted by Gasteiger charge is -2.17. The summed E-state index contributed by atoms with van der Waals surface area (Å²) in [6.07, 6.45) is 6.06. The second-order valence-corrected chi connectivity index (χ2v) is 6.74. The Hall–Kier alpha value is -2.12. The minimum absolute atomic E-state index is 0. The molecule has 7 nitrogen and oxygen atoms in total. The summed E-state index contributed by atoms with van der Waals surface area (Å²) < 4.78 is 5.39. The van der Waals surface area contributed by atoms with Crippen LogP contribution in [0.5, 0.6) is 0 Å². The minimum Gasteiger partial charge on any atom is -0.335 e. The van der Waals surface area contributed by atoms with E-state index < -0.39 is 5.54 Å². The molecule has 2 fully saturated rings. The van der Waals surface area contributed by atoms with Crippen LogP contribution in [0.1, 0.15) is 44.3 Å². The smallest absolute Gasteiger partial charge is 0.319 e. The fourth-order valence-corrected chi connectivity index (χ4v) is 3.08. The maximum absolute atomic E-state index is 11.8. The second kappa shape index (κ2) is 7.01. The number of amides is 2. The van der Waals surface area contributed by atoms with Crippen molar-refractivity contribution in [2.45, 2.75) is 50.1 Å². The molecule has 0 bridgehead atoms. The molecule has 2 amide bonds. The van der Waals surface area contributed by atoms with Crippen LogP contribution in [-0.4, -0.2) is 22.2 Å². The normalized spacial score (nSPS) is 18.4. The second-order valence-electron chi connectivity index (χ2n) is 6.74. The third-order valence-electron chi connectivity index (χ3n) is 4.65. The van der Waals surface area contributed by atoms with Gasteiger partial charge in [0.15, 0.2) is 5.82 Å². The van der Waals surface area contributed by atoms with Crippen LogP contribution in [0, 0.1) is 0 Å². The average Bonchev–Trinajstić information content (AvgIpc) is 3.06. The van der Waals surface area contributed by atoms with Gasteiger partial charge in [0.25, 0.3) is 5.89 Å². The van der Waals surface area contributed by atoms with E-state index in [0.717, 1.165) is 44.1 Å². The Bertz CT molecular complexity index is 753. The van der Waals surface area contributed by atoms with E-state index in [1.54, 1.807) is 0 Å². The maximum atomic E-state index is 11.8. The lowest BCUT2D eigenvalue weighted by atomic mass is 9.99. The lowest BCUT2D eigenvalue weighted by Crippen LogP contribution is -2.34. The number of rotatable bonds is 4. The van der Waals surface area contributed by atoms with Gasteiger partial charge in [-0.15, -0.1) is 12.4 Å². The number of carbonyl (C=O) groups excluding carboxylic acids is 1. The molecule has 2 saturated carbocycles. The monoisotopic (exact) mass is 363 g/mol. The molecule has 1 heterocycles. The van der Waals surface area contributed by atoms with Crippen LogP contribution in [0.25, 0.3) is 11.5 Å². The summed E-state index contributed by atoms with van der Waals surface area (Å²) in [6.45, 7) is 0. The average molecular weight is 364 g/mol. The highest BCUT2D eigenvalue weighted by Crippen LogP contribution is 2.35. The van der Waals surface area contributed by atoms with Crippen LogP contribution in [-0.2, 0) is 5.54 Å². The van der Waals surface area contributed by atoms with Crippen molar-refractivity contribution < 1.29 is 9.32 Å². The highest BCUT2D eigenvalue weighted by atomic mass is 35.5. The minimum atomic E-state index is -0.470. The summed E-state index contributed by atoms with van der Waals surface area (Å²) >= 11 is 0. The molecular weight excluding hydrogens is 342 g/mol. The number of nitrogens with zero attached hydrogens (tertiary/aromatic N) is 2. The Balaban J connectivity index is 0.00000182. The molecule has 1 aromatic heterocycles. The topological polar surface area (TPSA) is 106 Å². The van der Waals surface area contributed by atoms with Gasteiger partial charge in [-0.05, 0) is 43.9 Å². The summed E-state index contributed by atoms with van der Waals surface area (Å²) in [5.74, 6) is 0.993. The Kier molecular flexibility index (Phi) is 4.96. The van der Waals surface area contributed by atoms with Crippen LogP contribution in [0.4, 0.5) is 10.5 Å². The Labute approximate surface area is 152 Å². The highest BCUT2D eigenvalue weighted by molar-refractivity contribution is 5.90. The SMILES string of the molecule is Cl.NC1(c2noc(-c3cccc(NC(=O)NC4CC4)c3)n2)CCCC1. The van der Waals surface area contributed by atoms with Crippen molar-refractivity contribution in [1.82, 2.24) is 15.5 Å². The van der Waals surface area contributed by atoms with Gasteiger partial charge in [-0.1, -0.05) is 24.1 Å². The molecule has 2 aliphatic carbocycles. The lowest BCUT2D eigenvalue weighted by molar-refractivity contribution is 0.251. The van der Waals surface area contributed by atoms with Crippen molar-refractivity contribution >= 4 is 24.1 Å². The Morgan fingerprint density at radius 3 is 2.76 bits per heavy atom. The molecule has 8 heteroatoms. The zero-order valence-electron chi connectivity index (χ0n) is 13.8. The molecule has 1 aromatic carbocycles. The molecule has 25 heavy (non-hydrogen) atoms. The Morgan fingerprint density at radius 1 is 1.28 bits per heavy atom.